The van der Waals surface area contributed by atoms with Crippen molar-refractivity contribution in [2.45, 2.75) is 18.9 Å². The highest BCUT2D eigenvalue weighted by Gasteiger charge is 2.25. The van der Waals surface area contributed by atoms with Crippen LogP contribution in [-0.4, -0.2) is 40.7 Å². The Balaban J connectivity index is 1.44. The highest BCUT2D eigenvalue weighted by molar-refractivity contribution is 5.89. The third-order valence-electron chi connectivity index (χ3n) is 5.21. The van der Waals surface area contributed by atoms with Crippen molar-refractivity contribution in [1.82, 2.24) is 14.5 Å². The summed E-state index contributed by atoms with van der Waals surface area (Å²) in [6.45, 7) is 1.02. The Hall–Kier alpha value is -3.42. The molecule has 0 spiro atoms. The van der Waals surface area contributed by atoms with Crippen molar-refractivity contribution in [3.8, 4) is 5.75 Å². The van der Waals surface area contributed by atoms with E-state index in [0.29, 0.717) is 42.9 Å². The number of hydrogen-bond acceptors (Lipinski definition) is 4. The zero-order chi connectivity index (χ0) is 20.4. The van der Waals surface area contributed by atoms with Crippen molar-refractivity contribution in [2.75, 3.05) is 25.5 Å². The second kappa shape index (κ2) is 7.90. The number of ether oxygens (including phenoxy) is 1. The third kappa shape index (κ3) is 3.91. The van der Waals surface area contributed by atoms with Crippen molar-refractivity contribution in [1.29, 1.82) is 0 Å². The van der Waals surface area contributed by atoms with Crippen LogP contribution < -0.4 is 15.6 Å². The van der Waals surface area contributed by atoms with E-state index in [4.69, 9.17) is 4.74 Å². The first-order valence-electron chi connectivity index (χ1n) is 9.41. The number of carbonyl (C=O) groups excluding carboxylic acids is 1. The Morgan fingerprint density at radius 2 is 2.00 bits per heavy atom. The first-order chi connectivity index (χ1) is 14.0. The summed E-state index contributed by atoms with van der Waals surface area (Å²) in [5.41, 5.74) is 0.880. The van der Waals surface area contributed by atoms with Crippen LogP contribution in [0.3, 0.4) is 0 Å². The molecule has 0 saturated carbocycles. The summed E-state index contributed by atoms with van der Waals surface area (Å²) in [7, 11) is 1.57. The van der Waals surface area contributed by atoms with Crippen molar-refractivity contribution >= 4 is 22.6 Å². The number of halogens is 1. The first kappa shape index (κ1) is 18.9. The molecule has 150 valence electrons. The monoisotopic (exact) mass is 396 g/mol. The lowest BCUT2D eigenvalue weighted by molar-refractivity contribution is 0.182. The van der Waals surface area contributed by atoms with Crippen LogP contribution in [0.25, 0.3) is 10.9 Å². The Morgan fingerprint density at radius 1 is 1.21 bits per heavy atom. The summed E-state index contributed by atoms with van der Waals surface area (Å²) in [4.78, 5) is 31.3. The molecule has 0 radical (unpaired) electrons. The van der Waals surface area contributed by atoms with Crippen molar-refractivity contribution < 1.29 is 13.9 Å². The molecule has 29 heavy (non-hydrogen) atoms. The summed E-state index contributed by atoms with van der Waals surface area (Å²) in [6.07, 6.45) is 2.75. The number of urea groups is 1. The van der Waals surface area contributed by atoms with Gasteiger partial charge in [-0.3, -0.25) is 9.36 Å². The van der Waals surface area contributed by atoms with E-state index < -0.39 is 5.82 Å². The van der Waals surface area contributed by atoms with E-state index in [1.54, 1.807) is 28.7 Å². The van der Waals surface area contributed by atoms with Crippen LogP contribution in [-0.2, 0) is 0 Å². The molecule has 1 aliphatic heterocycles. The van der Waals surface area contributed by atoms with Gasteiger partial charge in [0.1, 0.15) is 11.6 Å². The number of amides is 2. The molecule has 1 aliphatic rings. The summed E-state index contributed by atoms with van der Waals surface area (Å²) in [5.74, 6) is 0.208. The van der Waals surface area contributed by atoms with Gasteiger partial charge in [-0.05, 0) is 43.2 Å². The standard InChI is InChI=1S/C21H21FN4O3/c1-29-17-4-2-3-15(12-17)24-21(28)25-9-7-16(8-10-25)26-13-23-19-6-5-14(22)11-18(19)20(26)27/h2-6,11-13,16H,7-10H2,1H3,(H,24,28). The van der Waals surface area contributed by atoms with Crippen LogP contribution in [0, 0.1) is 5.82 Å². The number of likely N-dealkylation sites (tertiary alicyclic amines) is 1. The smallest absolute Gasteiger partial charge is 0.321 e. The Kier molecular flexibility index (Phi) is 5.16. The molecule has 2 aromatic carbocycles. The molecule has 3 aromatic rings. The molecular weight excluding hydrogens is 375 g/mol. The maximum absolute atomic E-state index is 13.5. The van der Waals surface area contributed by atoms with Gasteiger partial charge >= 0.3 is 6.03 Å². The molecule has 1 saturated heterocycles. The fourth-order valence-corrected chi connectivity index (χ4v) is 3.62. The van der Waals surface area contributed by atoms with Crippen molar-refractivity contribution in [3.05, 3.63) is 65.0 Å². The minimum absolute atomic E-state index is 0.0801. The molecule has 1 fully saturated rings. The van der Waals surface area contributed by atoms with Crippen molar-refractivity contribution in [3.63, 3.8) is 0 Å². The average Bonchev–Trinajstić information content (AvgIpc) is 2.75. The predicted molar refractivity (Wildman–Crippen MR) is 108 cm³/mol. The number of benzene rings is 2. The van der Waals surface area contributed by atoms with Gasteiger partial charge in [0.05, 0.1) is 24.3 Å². The molecule has 4 rings (SSSR count). The Bertz CT molecular complexity index is 1110. The molecule has 8 heteroatoms. The van der Waals surface area contributed by atoms with Crippen molar-refractivity contribution in [2.24, 2.45) is 0 Å². The molecule has 0 atom stereocenters. The molecule has 0 bridgehead atoms. The van der Waals surface area contributed by atoms with Crippen LogP contribution in [0.2, 0.25) is 0 Å². The number of aromatic nitrogens is 2. The van der Waals surface area contributed by atoms with Crippen LogP contribution in [0.1, 0.15) is 18.9 Å². The summed E-state index contributed by atoms with van der Waals surface area (Å²) >= 11 is 0. The maximum atomic E-state index is 13.5. The Labute approximate surface area is 166 Å². The topological polar surface area (TPSA) is 76.5 Å². The SMILES string of the molecule is COc1cccc(NC(=O)N2CCC(n3cnc4ccc(F)cc4c3=O)CC2)c1. The quantitative estimate of drug-likeness (QED) is 0.736. The predicted octanol–water partition coefficient (Wildman–Crippen LogP) is 3.41. The van der Waals surface area contributed by atoms with Crippen LogP contribution in [0.4, 0.5) is 14.9 Å². The van der Waals surface area contributed by atoms with E-state index >= 15 is 0 Å². The van der Waals surface area contributed by atoms with Gasteiger partial charge in [-0.25, -0.2) is 14.2 Å². The summed E-state index contributed by atoms with van der Waals surface area (Å²) < 4.78 is 20.2. The number of anilines is 1. The lowest BCUT2D eigenvalue weighted by Gasteiger charge is -2.32. The number of rotatable bonds is 3. The van der Waals surface area contributed by atoms with Crippen LogP contribution in [0.15, 0.2) is 53.6 Å². The lowest BCUT2D eigenvalue weighted by Crippen LogP contribution is -2.42. The molecule has 1 N–H and O–H groups in total. The minimum Gasteiger partial charge on any atom is -0.497 e. The van der Waals surface area contributed by atoms with Gasteiger partial charge in [0.25, 0.3) is 5.56 Å². The number of carbonyl (C=O) groups is 1. The molecule has 2 amide bonds. The van der Waals surface area contributed by atoms with Crippen LogP contribution >= 0.6 is 0 Å². The fourth-order valence-electron chi connectivity index (χ4n) is 3.62. The van der Waals surface area contributed by atoms with Gasteiger partial charge in [0.15, 0.2) is 0 Å². The fraction of sp³-hybridized carbons (Fsp3) is 0.286. The second-order valence-corrected chi connectivity index (χ2v) is 7.00. The average molecular weight is 396 g/mol. The van der Waals surface area contributed by atoms with E-state index in [0.717, 1.165) is 0 Å². The maximum Gasteiger partial charge on any atom is 0.321 e. The molecule has 0 unspecified atom stereocenters. The zero-order valence-corrected chi connectivity index (χ0v) is 16.0. The van der Waals surface area contributed by atoms with E-state index in [2.05, 4.69) is 10.3 Å². The van der Waals surface area contributed by atoms with Gasteiger partial charge < -0.3 is 15.0 Å². The highest BCUT2D eigenvalue weighted by atomic mass is 19.1. The number of nitrogens with zero attached hydrogens (tertiary/aromatic N) is 3. The number of methoxy groups -OCH3 is 1. The zero-order valence-electron chi connectivity index (χ0n) is 16.0. The van der Waals surface area contributed by atoms with Gasteiger partial charge in [-0.1, -0.05) is 6.07 Å². The van der Waals surface area contributed by atoms with Gasteiger partial charge in [-0.15, -0.1) is 0 Å². The molecule has 1 aromatic heterocycles. The number of fused-ring (bicyclic) bond motifs is 1. The van der Waals surface area contributed by atoms with E-state index in [1.165, 1.54) is 24.5 Å². The molecule has 7 nitrogen and oxygen atoms in total. The van der Waals surface area contributed by atoms with E-state index in [1.807, 2.05) is 12.1 Å². The van der Waals surface area contributed by atoms with Gasteiger partial charge in [0.2, 0.25) is 0 Å². The lowest BCUT2D eigenvalue weighted by atomic mass is 10.0. The molecular formula is C21H21FN4O3. The number of nitrogens with one attached hydrogen (secondary N) is 1. The second-order valence-electron chi connectivity index (χ2n) is 7.00. The van der Waals surface area contributed by atoms with Crippen LogP contribution in [0.5, 0.6) is 5.75 Å². The number of hydrogen-bond donors (Lipinski definition) is 1. The Morgan fingerprint density at radius 3 is 2.76 bits per heavy atom. The van der Waals surface area contributed by atoms with Gasteiger partial charge in [-0.2, -0.15) is 0 Å². The molecule has 2 heterocycles. The largest absolute Gasteiger partial charge is 0.497 e. The molecule has 0 aliphatic carbocycles. The van der Waals surface area contributed by atoms with E-state index in [9.17, 15) is 14.0 Å². The normalized spacial score (nSPS) is 14.8. The summed E-state index contributed by atoms with van der Waals surface area (Å²) in [6, 6.07) is 10.9. The van der Waals surface area contributed by atoms with Gasteiger partial charge in [0, 0.05) is 30.9 Å². The highest BCUT2D eigenvalue weighted by Crippen LogP contribution is 2.23. The minimum atomic E-state index is -0.460. The first-order valence-corrected chi connectivity index (χ1v) is 9.41. The van der Waals surface area contributed by atoms with E-state index in [-0.39, 0.29) is 23.0 Å². The third-order valence-corrected chi connectivity index (χ3v) is 5.21. The number of piperidine rings is 1. The summed E-state index contributed by atoms with van der Waals surface area (Å²) in [5, 5.41) is 3.14.